The summed E-state index contributed by atoms with van der Waals surface area (Å²) in [5, 5.41) is 0. The molecule has 0 amide bonds. The molecule has 0 atom stereocenters. The Balaban J connectivity index is 2.14. The fourth-order valence-corrected chi connectivity index (χ4v) is 2.11. The van der Waals surface area contributed by atoms with Crippen LogP contribution < -0.4 is 0 Å². The first-order chi connectivity index (χ1) is 10.7. The van der Waals surface area contributed by atoms with Gasteiger partial charge in [0, 0.05) is 24.7 Å². The van der Waals surface area contributed by atoms with Gasteiger partial charge in [-0.1, -0.05) is 13.3 Å². The molecule has 0 saturated heterocycles. The van der Waals surface area contributed by atoms with E-state index in [-0.39, 0.29) is 0 Å². The maximum absolute atomic E-state index is 11.4. The topological polar surface area (TPSA) is 84.9 Å². The first-order valence-electron chi connectivity index (χ1n) is 7.24. The van der Waals surface area contributed by atoms with E-state index < -0.39 is 5.97 Å². The van der Waals surface area contributed by atoms with Crippen molar-refractivity contribution in [3.8, 4) is 0 Å². The van der Waals surface area contributed by atoms with Gasteiger partial charge in [-0.25, -0.2) is 9.78 Å². The first-order valence-corrected chi connectivity index (χ1v) is 7.24. The highest BCUT2D eigenvalue weighted by atomic mass is 16.5. The number of nitrogens with zero attached hydrogens (tertiary/aromatic N) is 2. The second-order valence-corrected chi connectivity index (χ2v) is 4.97. The molecular weight excluding hydrogens is 282 g/mol. The number of carbonyl (C=O) groups excluding carboxylic acids is 2. The van der Waals surface area contributed by atoms with E-state index in [1.807, 2.05) is 0 Å². The van der Waals surface area contributed by atoms with Crippen LogP contribution in [0.5, 0.6) is 0 Å². The lowest BCUT2D eigenvalue weighted by Gasteiger charge is -2.01. The van der Waals surface area contributed by atoms with Crippen LogP contribution in [0.1, 0.15) is 57.8 Å². The number of rotatable bonds is 7. The number of aryl methyl sites for hydroxylation is 1. The van der Waals surface area contributed by atoms with Gasteiger partial charge in [0.05, 0.1) is 18.4 Å². The average Bonchev–Trinajstić information content (AvgIpc) is 2.94. The monoisotopic (exact) mass is 301 g/mol. The fourth-order valence-electron chi connectivity index (χ4n) is 2.11. The molecule has 2 aromatic heterocycles. The standard InChI is InChI=1S/C16H19N3O3/c1-3-4-5-15-18-13(14(10-20)19-15)8-12-7-6-11(9-17-12)16(21)22-2/h6-7,9-10H,3-5,8H2,1-2H3,(H,18,19). The van der Waals surface area contributed by atoms with Crippen molar-refractivity contribution in [1.29, 1.82) is 0 Å². The maximum atomic E-state index is 11.4. The van der Waals surface area contributed by atoms with Crippen molar-refractivity contribution in [3.63, 3.8) is 0 Å². The van der Waals surface area contributed by atoms with Crippen molar-refractivity contribution >= 4 is 12.3 Å². The molecule has 2 aromatic rings. The summed E-state index contributed by atoms with van der Waals surface area (Å²) in [6, 6.07) is 3.39. The molecule has 22 heavy (non-hydrogen) atoms. The summed E-state index contributed by atoms with van der Waals surface area (Å²) in [7, 11) is 1.33. The molecule has 0 aliphatic carbocycles. The van der Waals surface area contributed by atoms with Crippen molar-refractivity contribution in [2.75, 3.05) is 7.11 Å². The number of pyridine rings is 1. The summed E-state index contributed by atoms with van der Waals surface area (Å²) in [5.74, 6) is 0.402. The van der Waals surface area contributed by atoms with E-state index in [1.165, 1.54) is 13.3 Å². The van der Waals surface area contributed by atoms with Gasteiger partial charge in [-0.15, -0.1) is 0 Å². The molecule has 0 bridgehead atoms. The number of aldehydes is 1. The molecule has 0 aliphatic rings. The van der Waals surface area contributed by atoms with Crippen molar-refractivity contribution < 1.29 is 14.3 Å². The van der Waals surface area contributed by atoms with Crippen molar-refractivity contribution in [2.24, 2.45) is 0 Å². The molecule has 0 aromatic carbocycles. The number of unbranched alkanes of at least 4 members (excludes halogenated alkanes) is 1. The minimum atomic E-state index is -0.422. The van der Waals surface area contributed by atoms with Gasteiger partial charge in [0.15, 0.2) is 6.29 Å². The SMILES string of the molecule is CCCCc1nc(Cc2ccc(C(=O)OC)cn2)c(C=O)[nH]1. The Hall–Kier alpha value is -2.50. The Morgan fingerprint density at radius 1 is 1.41 bits per heavy atom. The van der Waals surface area contributed by atoms with Gasteiger partial charge in [-0.05, 0) is 18.6 Å². The predicted molar refractivity (Wildman–Crippen MR) is 81.0 cm³/mol. The maximum Gasteiger partial charge on any atom is 0.339 e. The summed E-state index contributed by atoms with van der Waals surface area (Å²) in [6.45, 7) is 2.11. The summed E-state index contributed by atoms with van der Waals surface area (Å²) >= 11 is 0. The summed E-state index contributed by atoms with van der Waals surface area (Å²) < 4.78 is 4.63. The number of methoxy groups -OCH3 is 1. The minimum absolute atomic E-state index is 0.396. The van der Waals surface area contributed by atoms with Crippen molar-refractivity contribution in [2.45, 2.75) is 32.6 Å². The van der Waals surface area contributed by atoms with Crippen LogP contribution in [-0.2, 0) is 17.6 Å². The summed E-state index contributed by atoms with van der Waals surface area (Å²) in [4.78, 5) is 34.2. The third kappa shape index (κ3) is 3.78. The summed E-state index contributed by atoms with van der Waals surface area (Å²) in [6.07, 6.45) is 5.61. The van der Waals surface area contributed by atoms with Crippen LogP contribution in [0, 0.1) is 0 Å². The molecule has 0 aliphatic heterocycles. The number of hydrogen-bond donors (Lipinski definition) is 1. The molecule has 0 fully saturated rings. The van der Waals surface area contributed by atoms with Gasteiger partial charge in [0.25, 0.3) is 0 Å². The van der Waals surface area contributed by atoms with Crippen LogP contribution in [0.4, 0.5) is 0 Å². The van der Waals surface area contributed by atoms with Crippen LogP contribution in [0.15, 0.2) is 18.3 Å². The van der Waals surface area contributed by atoms with Gasteiger partial charge >= 0.3 is 5.97 Å². The zero-order valence-corrected chi connectivity index (χ0v) is 12.8. The van der Waals surface area contributed by atoms with E-state index in [4.69, 9.17) is 0 Å². The second kappa shape index (κ2) is 7.49. The Bertz CT molecular complexity index is 647. The first kappa shape index (κ1) is 15.9. The highest BCUT2D eigenvalue weighted by molar-refractivity contribution is 5.88. The van der Waals surface area contributed by atoms with Gasteiger partial charge in [-0.3, -0.25) is 9.78 Å². The number of nitrogens with one attached hydrogen (secondary N) is 1. The Morgan fingerprint density at radius 3 is 2.82 bits per heavy atom. The van der Waals surface area contributed by atoms with E-state index in [0.29, 0.717) is 23.4 Å². The number of H-pyrrole nitrogens is 1. The van der Waals surface area contributed by atoms with Crippen LogP contribution >= 0.6 is 0 Å². The molecular formula is C16H19N3O3. The zero-order chi connectivity index (χ0) is 15.9. The molecule has 6 heteroatoms. The molecule has 0 spiro atoms. The Kier molecular flexibility index (Phi) is 5.41. The summed E-state index contributed by atoms with van der Waals surface area (Å²) in [5.41, 5.74) is 2.31. The second-order valence-electron chi connectivity index (χ2n) is 4.97. The molecule has 0 radical (unpaired) electrons. The largest absolute Gasteiger partial charge is 0.465 e. The van der Waals surface area contributed by atoms with E-state index in [9.17, 15) is 9.59 Å². The number of ether oxygens (including phenoxy) is 1. The lowest BCUT2D eigenvalue weighted by atomic mass is 10.1. The molecule has 0 unspecified atom stereocenters. The number of imidazole rings is 1. The van der Waals surface area contributed by atoms with E-state index in [0.717, 1.165) is 37.1 Å². The highest BCUT2D eigenvalue weighted by Crippen LogP contribution is 2.12. The lowest BCUT2D eigenvalue weighted by Crippen LogP contribution is -2.03. The van der Waals surface area contributed by atoms with Crippen LogP contribution in [0.25, 0.3) is 0 Å². The third-order valence-electron chi connectivity index (χ3n) is 3.34. The smallest absolute Gasteiger partial charge is 0.339 e. The Labute approximate surface area is 128 Å². The fraction of sp³-hybridized carbons (Fsp3) is 0.375. The van der Waals surface area contributed by atoms with Gasteiger partial charge in [-0.2, -0.15) is 0 Å². The number of esters is 1. The Morgan fingerprint density at radius 2 is 2.23 bits per heavy atom. The molecule has 116 valence electrons. The van der Waals surface area contributed by atoms with Gasteiger partial charge in [0.1, 0.15) is 11.5 Å². The number of aromatic nitrogens is 3. The minimum Gasteiger partial charge on any atom is -0.465 e. The van der Waals surface area contributed by atoms with Crippen LogP contribution in [0.3, 0.4) is 0 Å². The zero-order valence-electron chi connectivity index (χ0n) is 12.8. The van der Waals surface area contributed by atoms with Crippen LogP contribution in [0.2, 0.25) is 0 Å². The number of hydrogen-bond acceptors (Lipinski definition) is 5. The normalized spacial score (nSPS) is 10.5. The lowest BCUT2D eigenvalue weighted by molar-refractivity contribution is 0.0600. The van der Waals surface area contributed by atoms with Crippen molar-refractivity contribution in [1.82, 2.24) is 15.0 Å². The molecule has 1 N–H and O–H groups in total. The highest BCUT2D eigenvalue weighted by Gasteiger charge is 2.12. The van der Waals surface area contributed by atoms with Crippen molar-refractivity contribution in [3.05, 3.63) is 46.8 Å². The molecule has 2 heterocycles. The van der Waals surface area contributed by atoms with E-state index in [1.54, 1.807) is 12.1 Å². The van der Waals surface area contributed by atoms with Gasteiger partial charge in [0.2, 0.25) is 0 Å². The van der Waals surface area contributed by atoms with E-state index in [2.05, 4.69) is 26.6 Å². The van der Waals surface area contributed by atoms with Gasteiger partial charge < -0.3 is 9.72 Å². The van der Waals surface area contributed by atoms with E-state index >= 15 is 0 Å². The van der Waals surface area contributed by atoms with Crippen LogP contribution in [-0.4, -0.2) is 34.3 Å². The quantitative estimate of drug-likeness (QED) is 0.626. The molecule has 2 rings (SSSR count). The molecule has 0 saturated carbocycles. The molecule has 6 nitrogen and oxygen atoms in total. The predicted octanol–water partition coefficient (Wildman–Crippen LogP) is 2.34. The number of carbonyl (C=O) groups is 2. The average molecular weight is 301 g/mol. The third-order valence-corrected chi connectivity index (χ3v) is 3.34. The number of aromatic amines is 1.